The van der Waals surface area contributed by atoms with Crippen molar-refractivity contribution in [3.8, 4) is 0 Å². The van der Waals surface area contributed by atoms with Crippen LogP contribution in [0.5, 0.6) is 0 Å². The standard InChI is InChI=1S/C17H21N3O/c1-4-20(15-10-6-5-7-11-15)17(21)16(19(2)3)14-9-8-12-18-13-14/h5-13,16H,4H2,1-3H3. The summed E-state index contributed by atoms with van der Waals surface area (Å²) in [5.41, 5.74) is 1.82. The molecule has 0 aliphatic heterocycles. The van der Waals surface area contributed by atoms with Crippen molar-refractivity contribution in [3.63, 3.8) is 0 Å². The molecule has 110 valence electrons. The minimum Gasteiger partial charge on any atom is -0.311 e. The van der Waals surface area contributed by atoms with Crippen molar-refractivity contribution in [2.45, 2.75) is 13.0 Å². The highest BCUT2D eigenvalue weighted by atomic mass is 16.2. The molecule has 1 unspecified atom stereocenters. The number of hydrogen-bond donors (Lipinski definition) is 0. The largest absolute Gasteiger partial charge is 0.311 e. The molecule has 0 N–H and O–H groups in total. The summed E-state index contributed by atoms with van der Waals surface area (Å²) in [5, 5.41) is 0. The number of carbonyl (C=O) groups excluding carboxylic acids is 1. The van der Waals surface area contributed by atoms with E-state index in [0.717, 1.165) is 11.3 Å². The number of aromatic nitrogens is 1. The molecule has 1 aromatic carbocycles. The summed E-state index contributed by atoms with van der Waals surface area (Å²) in [7, 11) is 3.82. The van der Waals surface area contributed by atoms with Crippen LogP contribution >= 0.6 is 0 Å². The van der Waals surface area contributed by atoms with Crippen molar-refractivity contribution in [2.75, 3.05) is 25.5 Å². The summed E-state index contributed by atoms with van der Waals surface area (Å²) in [6.45, 7) is 2.62. The monoisotopic (exact) mass is 283 g/mol. The van der Waals surface area contributed by atoms with Crippen LogP contribution in [0.3, 0.4) is 0 Å². The van der Waals surface area contributed by atoms with Gasteiger partial charge in [0.2, 0.25) is 5.91 Å². The molecule has 1 amide bonds. The molecule has 2 aromatic rings. The molecule has 1 aromatic heterocycles. The topological polar surface area (TPSA) is 36.4 Å². The van der Waals surface area contributed by atoms with Gasteiger partial charge in [-0.25, -0.2) is 0 Å². The Morgan fingerprint density at radius 1 is 1.14 bits per heavy atom. The molecule has 4 heteroatoms. The molecule has 0 bridgehead atoms. The highest BCUT2D eigenvalue weighted by Gasteiger charge is 2.27. The molecule has 1 heterocycles. The van der Waals surface area contributed by atoms with Gasteiger partial charge >= 0.3 is 0 Å². The maximum absolute atomic E-state index is 13.0. The summed E-state index contributed by atoms with van der Waals surface area (Å²) < 4.78 is 0. The fourth-order valence-electron chi connectivity index (χ4n) is 2.42. The Morgan fingerprint density at radius 2 is 1.86 bits per heavy atom. The van der Waals surface area contributed by atoms with Gasteiger partial charge in [-0.3, -0.25) is 14.7 Å². The second-order valence-corrected chi connectivity index (χ2v) is 5.07. The third-order valence-corrected chi connectivity index (χ3v) is 3.40. The number of pyridine rings is 1. The van der Waals surface area contributed by atoms with Gasteiger partial charge in [0.15, 0.2) is 0 Å². The van der Waals surface area contributed by atoms with E-state index in [9.17, 15) is 4.79 Å². The first-order valence-corrected chi connectivity index (χ1v) is 7.08. The zero-order valence-corrected chi connectivity index (χ0v) is 12.7. The molecule has 0 aliphatic rings. The number of anilines is 1. The van der Waals surface area contributed by atoms with Crippen LogP contribution in [0.4, 0.5) is 5.69 Å². The maximum atomic E-state index is 13.0. The molecule has 1 atom stereocenters. The number of rotatable bonds is 5. The van der Waals surface area contributed by atoms with E-state index in [4.69, 9.17) is 0 Å². The van der Waals surface area contributed by atoms with Crippen LogP contribution in [-0.4, -0.2) is 36.4 Å². The second kappa shape index (κ2) is 6.99. The number of nitrogens with zero attached hydrogens (tertiary/aromatic N) is 3. The molecular weight excluding hydrogens is 262 g/mol. The average molecular weight is 283 g/mol. The van der Waals surface area contributed by atoms with Crippen molar-refractivity contribution in [1.29, 1.82) is 0 Å². The van der Waals surface area contributed by atoms with Crippen LogP contribution in [0.25, 0.3) is 0 Å². The van der Waals surface area contributed by atoms with E-state index in [2.05, 4.69) is 4.98 Å². The molecule has 4 nitrogen and oxygen atoms in total. The highest BCUT2D eigenvalue weighted by molar-refractivity contribution is 5.97. The zero-order valence-electron chi connectivity index (χ0n) is 12.7. The molecule has 2 rings (SSSR count). The number of carbonyl (C=O) groups is 1. The Kier molecular flexibility index (Phi) is 5.06. The summed E-state index contributed by atoms with van der Waals surface area (Å²) in [6, 6.07) is 13.2. The normalized spacial score (nSPS) is 12.2. The van der Waals surface area contributed by atoms with E-state index < -0.39 is 0 Å². The number of benzene rings is 1. The third-order valence-electron chi connectivity index (χ3n) is 3.40. The van der Waals surface area contributed by atoms with Gasteiger partial charge in [-0.05, 0) is 44.8 Å². The van der Waals surface area contributed by atoms with E-state index in [1.54, 1.807) is 17.3 Å². The molecule has 0 saturated heterocycles. The van der Waals surface area contributed by atoms with E-state index in [-0.39, 0.29) is 11.9 Å². The lowest BCUT2D eigenvalue weighted by Crippen LogP contribution is -2.40. The minimum atomic E-state index is -0.334. The summed E-state index contributed by atoms with van der Waals surface area (Å²) in [4.78, 5) is 20.8. The Hall–Kier alpha value is -2.20. The predicted octanol–water partition coefficient (Wildman–Crippen LogP) is 2.74. The molecule has 0 aliphatic carbocycles. The minimum absolute atomic E-state index is 0.0571. The van der Waals surface area contributed by atoms with E-state index in [0.29, 0.717) is 6.54 Å². The lowest BCUT2D eigenvalue weighted by molar-refractivity contribution is -0.123. The van der Waals surface area contributed by atoms with Crippen LogP contribution in [0.15, 0.2) is 54.9 Å². The summed E-state index contributed by atoms with van der Waals surface area (Å²) in [5.74, 6) is 0.0571. The van der Waals surface area contributed by atoms with Crippen LogP contribution in [-0.2, 0) is 4.79 Å². The van der Waals surface area contributed by atoms with E-state index in [1.165, 1.54) is 0 Å². The summed E-state index contributed by atoms with van der Waals surface area (Å²) >= 11 is 0. The van der Waals surface area contributed by atoms with Crippen molar-refractivity contribution < 1.29 is 4.79 Å². The predicted molar refractivity (Wildman–Crippen MR) is 85.1 cm³/mol. The quantitative estimate of drug-likeness (QED) is 0.846. The fraction of sp³-hybridized carbons (Fsp3) is 0.294. The van der Waals surface area contributed by atoms with Gasteiger partial charge in [0.1, 0.15) is 6.04 Å². The Bertz CT molecular complexity index is 569. The van der Waals surface area contributed by atoms with Gasteiger partial charge < -0.3 is 4.90 Å². The van der Waals surface area contributed by atoms with Gasteiger partial charge in [0.05, 0.1) is 0 Å². The molecule has 0 saturated carbocycles. The number of para-hydroxylation sites is 1. The number of amides is 1. The van der Waals surface area contributed by atoms with E-state index >= 15 is 0 Å². The lowest BCUT2D eigenvalue weighted by Gasteiger charge is -2.30. The number of likely N-dealkylation sites (N-methyl/N-ethyl adjacent to an activating group) is 2. The molecule has 0 radical (unpaired) electrons. The molecular formula is C17H21N3O. The third kappa shape index (κ3) is 3.47. The Morgan fingerprint density at radius 3 is 2.38 bits per heavy atom. The van der Waals surface area contributed by atoms with Crippen LogP contribution in [0, 0.1) is 0 Å². The maximum Gasteiger partial charge on any atom is 0.248 e. The Labute approximate surface area is 126 Å². The average Bonchev–Trinajstić information content (AvgIpc) is 2.50. The smallest absolute Gasteiger partial charge is 0.248 e. The molecule has 21 heavy (non-hydrogen) atoms. The van der Waals surface area contributed by atoms with E-state index in [1.807, 2.05) is 68.4 Å². The van der Waals surface area contributed by atoms with Crippen LogP contribution in [0.2, 0.25) is 0 Å². The van der Waals surface area contributed by atoms with Crippen LogP contribution in [0.1, 0.15) is 18.5 Å². The highest BCUT2D eigenvalue weighted by Crippen LogP contribution is 2.23. The molecule has 0 spiro atoms. The first-order valence-electron chi connectivity index (χ1n) is 7.08. The van der Waals surface area contributed by atoms with Gasteiger partial charge in [-0.1, -0.05) is 24.3 Å². The van der Waals surface area contributed by atoms with Gasteiger partial charge in [0.25, 0.3) is 0 Å². The number of hydrogen-bond acceptors (Lipinski definition) is 3. The second-order valence-electron chi connectivity index (χ2n) is 5.07. The fourth-order valence-corrected chi connectivity index (χ4v) is 2.42. The first-order chi connectivity index (χ1) is 10.1. The Balaban J connectivity index is 2.34. The van der Waals surface area contributed by atoms with Crippen molar-refractivity contribution in [2.24, 2.45) is 0 Å². The van der Waals surface area contributed by atoms with Crippen molar-refractivity contribution >= 4 is 11.6 Å². The summed E-state index contributed by atoms with van der Waals surface area (Å²) in [6.07, 6.45) is 3.47. The lowest BCUT2D eigenvalue weighted by atomic mass is 10.1. The van der Waals surface area contributed by atoms with Gasteiger partial charge in [-0.15, -0.1) is 0 Å². The first kappa shape index (κ1) is 15.2. The van der Waals surface area contributed by atoms with Gasteiger partial charge in [0, 0.05) is 24.6 Å². The van der Waals surface area contributed by atoms with Crippen molar-refractivity contribution in [3.05, 3.63) is 60.4 Å². The molecule has 0 fully saturated rings. The zero-order chi connectivity index (χ0) is 15.2. The van der Waals surface area contributed by atoms with Gasteiger partial charge in [-0.2, -0.15) is 0 Å². The van der Waals surface area contributed by atoms with Crippen LogP contribution < -0.4 is 4.90 Å². The van der Waals surface area contributed by atoms with Crippen molar-refractivity contribution in [1.82, 2.24) is 9.88 Å². The SMILES string of the molecule is CCN(C(=O)C(c1cccnc1)N(C)C)c1ccccc1.